The summed E-state index contributed by atoms with van der Waals surface area (Å²) < 4.78 is 35.7. The molecule has 0 bridgehead atoms. The largest absolute Gasteiger partial charge is 0.493 e. The van der Waals surface area contributed by atoms with E-state index in [0.717, 1.165) is 0 Å². The third-order valence-electron chi connectivity index (χ3n) is 4.44. The third kappa shape index (κ3) is 5.63. The van der Waals surface area contributed by atoms with Crippen molar-refractivity contribution in [3.8, 4) is 28.7 Å². The fraction of sp³-hybridized carbons (Fsp3) is 0.217. The number of ether oxygens (including phenoxy) is 4. The second-order valence-corrected chi connectivity index (χ2v) is 6.54. The maximum atomic E-state index is 14.3. The van der Waals surface area contributed by atoms with Crippen LogP contribution in [0.3, 0.4) is 0 Å². The number of hydrogen-bond acceptors (Lipinski definition) is 6. The van der Waals surface area contributed by atoms with E-state index < -0.39 is 5.82 Å². The predicted octanol–water partition coefficient (Wildman–Crippen LogP) is 3.90. The molecule has 1 amide bonds. The summed E-state index contributed by atoms with van der Waals surface area (Å²) in [6, 6.07) is 11.3. The monoisotopic (exact) mass is 426 g/mol. The number of pyridine rings is 1. The number of amides is 1. The molecule has 0 aliphatic heterocycles. The highest BCUT2D eigenvalue weighted by atomic mass is 19.1. The highest BCUT2D eigenvalue weighted by molar-refractivity contribution is 5.79. The summed E-state index contributed by atoms with van der Waals surface area (Å²) in [5.74, 6) is 1.16. The number of aromatic nitrogens is 1. The van der Waals surface area contributed by atoms with Crippen LogP contribution >= 0.6 is 0 Å². The van der Waals surface area contributed by atoms with Crippen LogP contribution in [0.5, 0.6) is 28.7 Å². The highest BCUT2D eigenvalue weighted by Crippen LogP contribution is 2.38. The lowest BCUT2D eigenvalue weighted by Crippen LogP contribution is -2.24. The van der Waals surface area contributed by atoms with E-state index in [9.17, 15) is 9.18 Å². The molecule has 0 fully saturated rings. The van der Waals surface area contributed by atoms with Crippen molar-refractivity contribution < 1.29 is 28.1 Å². The van der Waals surface area contributed by atoms with Gasteiger partial charge in [-0.25, -0.2) is 4.39 Å². The van der Waals surface area contributed by atoms with Gasteiger partial charge in [0.25, 0.3) is 0 Å². The van der Waals surface area contributed by atoms with Crippen LogP contribution in [0.15, 0.2) is 54.9 Å². The summed E-state index contributed by atoms with van der Waals surface area (Å²) in [6.07, 6.45) is 3.20. The van der Waals surface area contributed by atoms with Gasteiger partial charge in [-0.1, -0.05) is 6.07 Å². The molecule has 31 heavy (non-hydrogen) atoms. The van der Waals surface area contributed by atoms with E-state index in [2.05, 4.69) is 10.3 Å². The predicted molar refractivity (Wildman–Crippen MR) is 112 cm³/mol. The molecule has 0 aliphatic rings. The Bertz CT molecular complexity index is 1020. The van der Waals surface area contributed by atoms with Crippen molar-refractivity contribution in [2.24, 2.45) is 0 Å². The molecule has 3 rings (SSSR count). The first-order valence-corrected chi connectivity index (χ1v) is 9.46. The second kappa shape index (κ2) is 10.3. The summed E-state index contributed by atoms with van der Waals surface area (Å²) in [4.78, 5) is 16.3. The minimum atomic E-state index is -0.528. The lowest BCUT2D eigenvalue weighted by Gasteiger charge is -2.14. The van der Waals surface area contributed by atoms with E-state index in [4.69, 9.17) is 18.9 Å². The smallest absolute Gasteiger partial charge is 0.224 e. The Hall–Kier alpha value is -3.81. The zero-order valence-electron chi connectivity index (χ0n) is 17.5. The van der Waals surface area contributed by atoms with Crippen molar-refractivity contribution in [2.45, 2.75) is 13.0 Å². The van der Waals surface area contributed by atoms with Gasteiger partial charge >= 0.3 is 0 Å². The van der Waals surface area contributed by atoms with Crippen LogP contribution in [0, 0.1) is 5.82 Å². The van der Waals surface area contributed by atoms with Gasteiger partial charge in [0.2, 0.25) is 11.7 Å². The van der Waals surface area contributed by atoms with Gasteiger partial charge in [-0.15, -0.1) is 0 Å². The molecule has 162 valence electrons. The molecular formula is C23H23FN2O5. The Morgan fingerprint density at radius 3 is 2.29 bits per heavy atom. The summed E-state index contributed by atoms with van der Waals surface area (Å²) in [5, 5.41) is 2.78. The van der Waals surface area contributed by atoms with Gasteiger partial charge < -0.3 is 24.3 Å². The number of carbonyl (C=O) groups excluding carboxylic acids is 1. The summed E-state index contributed by atoms with van der Waals surface area (Å²) >= 11 is 0. The molecule has 0 unspecified atom stereocenters. The van der Waals surface area contributed by atoms with Gasteiger partial charge in [0.15, 0.2) is 23.1 Å². The molecule has 0 atom stereocenters. The molecule has 8 heteroatoms. The van der Waals surface area contributed by atoms with Crippen molar-refractivity contribution >= 4 is 5.91 Å². The maximum absolute atomic E-state index is 14.3. The van der Waals surface area contributed by atoms with Crippen molar-refractivity contribution in [1.82, 2.24) is 10.3 Å². The summed E-state index contributed by atoms with van der Waals surface area (Å²) in [6.45, 7) is 0.174. The number of nitrogens with one attached hydrogen (secondary N) is 1. The second-order valence-electron chi connectivity index (χ2n) is 6.54. The Morgan fingerprint density at radius 2 is 1.71 bits per heavy atom. The zero-order valence-corrected chi connectivity index (χ0v) is 17.5. The van der Waals surface area contributed by atoms with Crippen LogP contribution in [0.1, 0.15) is 11.1 Å². The van der Waals surface area contributed by atoms with Crippen LogP contribution in [0.2, 0.25) is 0 Å². The average Bonchev–Trinajstić information content (AvgIpc) is 2.79. The Labute approximate surface area is 179 Å². The van der Waals surface area contributed by atoms with Gasteiger partial charge in [-0.3, -0.25) is 9.78 Å². The van der Waals surface area contributed by atoms with Gasteiger partial charge in [0.1, 0.15) is 5.75 Å². The number of methoxy groups -OCH3 is 3. The fourth-order valence-electron chi connectivity index (χ4n) is 2.96. The quantitative estimate of drug-likeness (QED) is 0.559. The topological polar surface area (TPSA) is 78.9 Å². The van der Waals surface area contributed by atoms with Crippen molar-refractivity contribution in [3.63, 3.8) is 0 Å². The normalized spacial score (nSPS) is 10.3. The van der Waals surface area contributed by atoms with Gasteiger partial charge in [0, 0.05) is 12.7 Å². The van der Waals surface area contributed by atoms with Crippen LogP contribution < -0.4 is 24.3 Å². The highest BCUT2D eigenvalue weighted by Gasteiger charge is 2.15. The van der Waals surface area contributed by atoms with Crippen LogP contribution in [-0.4, -0.2) is 32.2 Å². The van der Waals surface area contributed by atoms with Gasteiger partial charge in [0.05, 0.1) is 33.9 Å². The van der Waals surface area contributed by atoms with Crippen molar-refractivity contribution in [3.05, 3.63) is 71.8 Å². The lowest BCUT2D eigenvalue weighted by atomic mass is 10.1. The van der Waals surface area contributed by atoms with Crippen LogP contribution in [0.25, 0.3) is 0 Å². The number of hydrogen-bond donors (Lipinski definition) is 1. The molecule has 1 aromatic heterocycles. The average molecular weight is 426 g/mol. The van der Waals surface area contributed by atoms with E-state index in [-0.39, 0.29) is 24.6 Å². The van der Waals surface area contributed by atoms with Gasteiger partial charge in [-0.05, 0) is 47.5 Å². The molecule has 0 saturated carbocycles. The molecule has 1 heterocycles. The summed E-state index contributed by atoms with van der Waals surface area (Å²) in [7, 11) is 4.54. The number of nitrogens with zero attached hydrogens (tertiary/aromatic N) is 1. The minimum Gasteiger partial charge on any atom is -0.493 e. The van der Waals surface area contributed by atoms with E-state index in [1.807, 2.05) is 0 Å². The minimum absolute atomic E-state index is 0.0838. The van der Waals surface area contributed by atoms with E-state index in [0.29, 0.717) is 34.1 Å². The molecule has 0 radical (unpaired) electrons. The molecular weight excluding hydrogens is 403 g/mol. The van der Waals surface area contributed by atoms with Crippen molar-refractivity contribution in [2.75, 3.05) is 21.3 Å². The van der Waals surface area contributed by atoms with Gasteiger partial charge in [-0.2, -0.15) is 0 Å². The molecule has 2 aromatic carbocycles. The molecule has 0 spiro atoms. The SMILES string of the molecule is COc1cc(CC(=O)NCc2ccc(Oc3cccnc3)c(F)c2)cc(OC)c1OC. The fourth-order valence-corrected chi connectivity index (χ4v) is 2.96. The number of benzene rings is 2. The number of rotatable bonds is 9. The summed E-state index contributed by atoms with van der Waals surface area (Å²) in [5.41, 5.74) is 1.30. The Morgan fingerprint density at radius 1 is 0.968 bits per heavy atom. The van der Waals surface area contributed by atoms with Crippen LogP contribution in [-0.2, 0) is 17.8 Å². The molecule has 7 nitrogen and oxygen atoms in total. The van der Waals surface area contributed by atoms with E-state index >= 15 is 0 Å². The first-order chi connectivity index (χ1) is 15.0. The van der Waals surface area contributed by atoms with Crippen LogP contribution in [0.4, 0.5) is 4.39 Å². The first kappa shape index (κ1) is 21.9. The van der Waals surface area contributed by atoms with Crippen molar-refractivity contribution in [1.29, 1.82) is 0 Å². The van der Waals surface area contributed by atoms with E-state index in [1.54, 1.807) is 36.5 Å². The molecule has 1 N–H and O–H groups in total. The third-order valence-corrected chi connectivity index (χ3v) is 4.44. The Balaban J connectivity index is 1.61. The zero-order chi connectivity index (χ0) is 22.2. The maximum Gasteiger partial charge on any atom is 0.224 e. The standard InChI is InChI=1S/C23H23FN2O5/c1-28-20-10-16(11-21(29-2)23(20)30-3)12-22(27)26-13-15-6-7-19(18(24)9-15)31-17-5-4-8-25-14-17/h4-11,14H,12-13H2,1-3H3,(H,26,27). The lowest BCUT2D eigenvalue weighted by molar-refractivity contribution is -0.120. The first-order valence-electron chi connectivity index (χ1n) is 9.46. The number of carbonyl (C=O) groups is 1. The Kier molecular flexibility index (Phi) is 7.26. The van der Waals surface area contributed by atoms with E-state index in [1.165, 1.54) is 39.7 Å². The molecule has 3 aromatic rings. The molecule has 0 saturated heterocycles. The number of halogens is 1. The molecule has 0 aliphatic carbocycles.